The van der Waals surface area contributed by atoms with Crippen molar-refractivity contribution in [1.82, 2.24) is 0 Å². The zero-order valence-electron chi connectivity index (χ0n) is 6.40. The van der Waals surface area contributed by atoms with Crippen LogP contribution in [0.15, 0.2) is 24.3 Å². The Labute approximate surface area is 69.6 Å². The first kappa shape index (κ1) is 7.71. The number of hydrogen-bond acceptors (Lipinski definition) is 2. The van der Waals surface area contributed by atoms with Gasteiger partial charge < -0.3 is 9.84 Å². The van der Waals surface area contributed by atoms with E-state index in [0.717, 1.165) is 0 Å². The molecule has 2 nitrogen and oxygen atoms in total. The van der Waals surface area contributed by atoms with Crippen LogP contribution in [0.2, 0.25) is 0 Å². The molecule has 0 saturated carbocycles. The summed E-state index contributed by atoms with van der Waals surface area (Å²) in [4.78, 5) is 0. The van der Waals surface area contributed by atoms with E-state index in [1.807, 2.05) is 0 Å². The zero-order valence-corrected chi connectivity index (χ0v) is 6.40. The molecule has 1 aromatic carbocycles. The summed E-state index contributed by atoms with van der Waals surface area (Å²) in [5, 5.41) is 8.68. The lowest BCUT2D eigenvalue weighted by Crippen LogP contribution is -1.96. The molecule has 0 aliphatic carbocycles. The van der Waals surface area contributed by atoms with Gasteiger partial charge in [0.25, 0.3) is 0 Å². The Morgan fingerprint density at radius 3 is 2.75 bits per heavy atom. The third-order valence-electron chi connectivity index (χ3n) is 1.97. The van der Waals surface area contributed by atoms with E-state index in [-0.39, 0.29) is 24.6 Å². The molecule has 1 aromatic rings. The summed E-state index contributed by atoms with van der Waals surface area (Å²) >= 11 is 0. The van der Waals surface area contributed by atoms with E-state index in [1.54, 1.807) is 18.2 Å². The van der Waals surface area contributed by atoms with Crippen molar-refractivity contribution in [3.63, 3.8) is 0 Å². The van der Waals surface area contributed by atoms with Gasteiger partial charge in [0, 0.05) is 5.56 Å². The Bertz CT molecular complexity index is 288. The molecule has 0 amide bonds. The molecule has 1 fully saturated rings. The predicted octanol–water partition coefficient (Wildman–Crippen LogP) is 1.26. The maximum Gasteiger partial charge on any atom is 0.129 e. The standard InChI is InChI=1S/C9H9FO2/c10-7-4-2-1-3-6(7)9-8(5-11)12-9/h1-4,8-9,11H,5H2/t8-,9-/m1/s1. The number of aliphatic hydroxyl groups excluding tert-OH is 1. The highest BCUT2D eigenvalue weighted by atomic mass is 19.1. The van der Waals surface area contributed by atoms with Crippen molar-refractivity contribution in [2.24, 2.45) is 0 Å². The molecule has 12 heavy (non-hydrogen) atoms. The maximum atomic E-state index is 13.0. The number of benzene rings is 1. The van der Waals surface area contributed by atoms with Gasteiger partial charge in [-0.15, -0.1) is 0 Å². The van der Waals surface area contributed by atoms with Crippen molar-refractivity contribution in [3.8, 4) is 0 Å². The number of ether oxygens (including phenoxy) is 1. The van der Waals surface area contributed by atoms with Gasteiger partial charge in [0.05, 0.1) is 6.61 Å². The Kier molecular flexibility index (Phi) is 1.83. The van der Waals surface area contributed by atoms with Gasteiger partial charge in [0.2, 0.25) is 0 Å². The SMILES string of the molecule is OC[C@H]1O[C@@H]1c1ccccc1F. The summed E-state index contributed by atoms with van der Waals surface area (Å²) in [7, 11) is 0. The van der Waals surface area contributed by atoms with Gasteiger partial charge >= 0.3 is 0 Å². The van der Waals surface area contributed by atoms with E-state index in [4.69, 9.17) is 9.84 Å². The van der Waals surface area contributed by atoms with Gasteiger partial charge in [0.15, 0.2) is 0 Å². The van der Waals surface area contributed by atoms with Crippen LogP contribution in [-0.4, -0.2) is 17.8 Å². The van der Waals surface area contributed by atoms with Crippen molar-refractivity contribution in [3.05, 3.63) is 35.6 Å². The fraction of sp³-hybridized carbons (Fsp3) is 0.333. The van der Waals surface area contributed by atoms with Gasteiger partial charge in [-0.3, -0.25) is 0 Å². The lowest BCUT2D eigenvalue weighted by atomic mass is 10.1. The summed E-state index contributed by atoms with van der Waals surface area (Å²) in [5.41, 5.74) is 0.538. The number of hydrogen-bond donors (Lipinski definition) is 1. The number of epoxide rings is 1. The molecule has 0 radical (unpaired) electrons. The van der Waals surface area contributed by atoms with Crippen LogP contribution in [0.5, 0.6) is 0 Å². The second-order valence-electron chi connectivity index (χ2n) is 2.80. The molecular weight excluding hydrogens is 159 g/mol. The molecular formula is C9H9FO2. The van der Waals surface area contributed by atoms with E-state index < -0.39 is 0 Å². The van der Waals surface area contributed by atoms with E-state index in [0.29, 0.717) is 5.56 Å². The molecule has 0 bridgehead atoms. The van der Waals surface area contributed by atoms with Gasteiger partial charge in [-0.1, -0.05) is 18.2 Å². The molecule has 3 heteroatoms. The summed E-state index contributed by atoms with van der Waals surface area (Å²) in [6, 6.07) is 6.46. The summed E-state index contributed by atoms with van der Waals surface area (Å²) in [6.07, 6.45) is -0.446. The Morgan fingerprint density at radius 2 is 2.17 bits per heavy atom. The number of halogens is 1. The molecule has 64 valence electrons. The van der Waals surface area contributed by atoms with Crippen LogP contribution in [0.4, 0.5) is 4.39 Å². The third-order valence-corrected chi connectivity index (χ3v) is 1.97. The van der Waals surface area contributed by atoms with Crippen LogP contribution in [0.25, 0.3) is 0 Å². The normalized spacial score (nSPS) is 27.2. The van der Waals surface area contributed by atoms with Crippen molar-refractivity contribution in [2.75, 3.05) is 6.61 Å². The van der Waals surface area contributed by atoms with Crippen LogP contribution in [0.3, 0.4) is 0 Å². The summed E-state index contributed by atoms with van der Waals surface area (Å²) in [6.45, 7) is -0.0427. The van der Waals surface area contributed by atoms with Crippen molar-refractivity contribution < 1.29 is 14.2 Å². The largest absolute Gasteiger partial charge is 0.394 e. The molecule has 1 N–H and O–H groups in total. The highest BCUT2D eigenvalue weighted by molar-refractivity contribution is 5.24. The topological polar surface area (TPSA) is 32.8 Å². The first-order valence-corrected chi connectivity index (χ1v) is 3.83. The number of aliphatic hydroxyl groups is 1. The molecule has 1 aliphatic heterocycles. The maximum absolute atomic E-state index is 13.0. The van der Waals surface area contributed by atoms with Gasteiger partial charge in [-0.25, -0.2) is 4.39 Å². The van der Waals surface area contributed by atoms with E-state index in [1.165, 1.54) is 6.07 Å². The van der Waals surface area contributed by atoms with Crippen LogP contribution < -0.4 is 0 Å². The number of rotatable bonds is 2. The minimum Gasteiger partial charge on any atom is -0.394 e. The molecule has 0 spiro atoms. The molecule has 2 atom stereocenters. The second kappa shape index (κ2) is 2.84. The van der Waals surface area contributed by atoms with Gasteiger partial charge in [-0.05, 0) is 6.07 Å². The highest BCUT2D eigenvalue weighted by Gasteiger charge is 2.40. The fourth-order valence-electron chi connectivity index (χ4n) is 1.26. The first-order chi connectivity index (χ1) is 5.83. The first-order valence-electron chi connectivity index (χ1n) is 3.83. The fourth-order valence-corrected chi connectivity index (χ4v) is 1.26. The summed E-state index contributed by atoms with van der Waals surface area (Å²) in [5.74, 6) is -0.265. The van der Waals surface area contributed by atoms with Crippen LogP contribution in [0.1, 0.15) is 11.7 Å². The quantitative estimate of drug-likeness (QED) is 0.674. The van der Waals surface area contributed by atoms with Gasteiger partial charge in [-0.2, -0.15) is 0 Å². The Morgan fingerprint density at radius 1 is 1.42 bits per heavy atom. The average molecular weight is 168 g/mol. The van der Waals surface area contributed by atoms with Crippen LogP contribution in [0, 0.1) is 5.82 Å². The molecule has 1 aliphatic rings. The predicted molar refractivity (Wildman–Crippen MR) is 41.1 cm³/mol. The molecule has 1 heterocycles. The molecule has 2 rings (SSSR count). The van der Waals surface area contributed by atoms with E-state index >= 15 is 0 Å². The lowest BCUT2D eigenvalue weighted by Gasteiger charge is -1.96. The Hall–Kier alpha value is -0.930. The van der Waals surface area contributed by atoms with Crippen molar-refractivity contribution in [1.29, 1.82) is 0 Å². The van der Waals surface area contributed by atoms with E-state index in [9.17, 15) is 4.39 Å². The monoisotopic (exact) mass is 168 g/mol. The molecule has 0 unspecified atom stereocenters. The summed E-state index contributed by atoms with van der Waals surface area (Å²) < 4.78 is 18.1. The van der Waals surface area contributed by atoms with Gasteiger partial charge in [0.1, 0.15) is 18.0 Å². The second-order valence-corrected chi connectivity index (χ2v) is 2.80. The average Bonchev–Trinajstić information content (AvgIpc) is 2.84. The molecule has 0 aromatic heterocycles. The van der Waals surface area contributed by atoms with Crippen molar-refractivity contribution in [2.45, 2.75) is 12.2 Å². The van der Waals surface area contributed by atoms with E-state index in [2.05, 4.69) is 0 Å². The van der Waals surface area contributed by atoms with Crippen molar-refractivity contribution >= 4 is 0 Å². The van der Waals surface area contributed by atoms with Crippen LogP contribution in [-0.2, 0) is 4.74 Å². The Balaban J connectivity index is 2.19. The third kappa shape index (κ3) is 1.21. The smallest absolute Gasteiger partial charge is 0.129 e. The van der Waals surface area contributed by atoms with Crippen LogP contribution >= 0.6 is 0 Å². The zero-order chi connectivity index (χ0) is 8.55. The minimum atomic E-state index is -0.265. The molecule has 1 saturated heterocycles. The highest BCUT2D eigenvalue weighted by Crippen LogP contribution is 2.39. The lowest BCUT2D eigenvalue weighted by molar-refractivity contribution is 0.242. The minimum absolute atomic E-state index is 0.0427.